The van der Waals surface area contributed by atoms with E-state index in [0.29, 0.717) is 0 Å². The summed E-state index contributed by atoms with van der Waals surface area (Å²) in [6, 6.07) is 0. The number of aromatic amines is 1. The predicted molar refractivity (Wildman–Crippen MR) is 68.5 cm³/mol. The molecule has 0 fully saturated rings. The second kappa shape index (κ2) is 3.65. The Hall–Kier alpha value is -1.80. The zero-order valence-corrected chi connectivity index (χ0v) is 10.6. The summed E-state index contributed by atoms with van der Waals surface area (Å²) in [6.07, 6.45) is 3.56. The number of hydrogen-bond acceptors (Lipinski definition) is 3. The smallest absolute Gasteiger partial charge is 0.221 e. The Morgan fingerprint density at radius 3 is 2.81 bits per heavy atom. The predicted octanol–water partition coefficient (Wildman–Crippen LogP) is 1.77. The molecule has 2 aromatic rings. The highest BCUT2D eigenvalue weighted by molar-refractivity contribution is 6.83. The van der Waals surface area contributed by atoms with Crippen LogP contribution < -0.4 is 5.73 Å². The maximum absolute atomic E-state index is 5.50. The molecule has 5 heteroatoms. The summed E-state index contributed by atoms with van der Waals surface area (Å²) < 4.78 is 0. The number of aromatic nitrogens is 3. The maximum atomic E-state index is 5.50. The minimum atomic E-state index is -1.35. The van der Waals surface area contributed by atoms with Crippen LogP contribution in [-0.4, -0.2) is 23.0 Å². The minimum absolute atomic E-state index is 0.277. The molecule has 0 atom stereocenters. The van der Waals surface area contributed by atoms with Crippen LogP contribution in [0.15, 0.2) is 12.4 Å². The molecule has 2 aromatic heterocycles. The number of rotatable bonds is 0. The molecule has 2 rings (SSSR count). The molecule has 0 unspecified atom stereocenters. The van der Waals surface area contributed by atoms with E-state index in [-0.39, 0.29) is 5.95 Å². The van der Waals surface area contributed by atoms with Crippen molar-refractivity contribution in [2.45, 2.75) is 19.6 Å². The molecule has 4 nitrogen and oxygen atoms in total. The molecule has 0 aliphatic heterocycles. The number of nitrogen functional groups attached to an aromatic ring is 1. The Balaban J connectivity index is 2.50. The van der Waals surface area contributed by atoms with E-state index in [0.717, 1.165) is 16.6 Å². The van der Waals surface area contributed by atoms with Gasteiger partial charge in [-0.2, -0.15) is 4.98 Å². The highest BCUT2D eigenvalue weighted by Gasteiger charge is 2.09. The first-order valence-corrected chi connectivity index (χ1v) is 8.58. The van der Waals surface area contributed by atoms with Crippen molar-refractivity contribution in [3.63, 3.8) is 0 Å². The van der Waals surface area contributed by atoms with Crippen LogP contribution in [0.1, 0.15) is 5.56 Å². The van der Waals surface area contributed by atoms with Gasteiger partial charge in [0.15, 0.2) is 0 Å². The minimum Gasteiger partial charge on any atom is -0.368 e. The van der Waals surface area contributed by atoms with E-state index in [9.17, 15) is 0 Å². The van der Waals surface area contributed by atoms with E-state index in [1.807, 2.05) is 6.20 Å². The number of fused-ring (bicyclic) bond motifs is 1. The van der Waals surface area contributed by atoms with Gasteiger partial charge in [0.25, 0.3) is 0 Å². The second-order valence-electron chi connectivity index (χ2n) is 4.69. The Labute approximate surface area is 95.3 Å². The van der Waals surface area contributed by atoms with E-state index in [1.54, 1.807) is 6.20 Å². The average Bonchev–Trinajstić information content (AvgIpc) is 2.56. The summed E-state index contributed by atoms with van der Waals surface area (Å²) in [7, 11) is -1.35. The molecule has 0 aliphatic rings. The standard InChI is InChI=1S/C11H14N4Si/c1-16(2,3)5-4-8-6-13-10-9(8)7-14-11(12)15-10/h6-7H,1-3H3,(H3,12,13,14,15). The van der Waals surface area contributed by atoms with Gasteiger partial charge in [0.1, 0.15) is 13.7 Å². The van der Waals surface area contributed by atoms with E-state index in [1.165, 1.54) is 0 Å². The number of nitrogens with two attached hydrogens (primary N) is 1. The van der Waals surface area contributed by atoms with E-state index >= 15 is 0 Å². The first-order valence-electron chi connectivity index (χ1n) is 5.08. The van der Waals surface area contributed by atoms with Crippen LogP contribution in [0.2, 0.25) is 19.6 Å². The molecule has 2 heterocycles. The molecule has 0 spiro atoms. The van der Waals surface area contributed by atoms with Crippen LogP contribution in [0, 0.1) is 11.5 Å². The topological polar surface area (TPSA) is 67.6 Å². The van der Waals surface area contributed by atoms with Crippen molar-refractivity contribution in [1.29, 1.82) is 0 Å². The van der Waals surface area contributed by atoms with Gasteiger partial charge in [0.2, 0.25) is 5.95 Å². The second-order valence-corrected chi connectivity index (χ2v) is 9.44. The number of hydrogen-bond donors (Lipinski definition) is 2. The molecule has 82 valence electrons. The number of nitrogens with one attached hydrogen (secondary N) is 1. The van der Waals surface area contributed by atoms with Crippen molar-refractivity contribution in [2.24, 2.45) is 0 Å². The Morgan fingerprint density at radius 2 is 2.12 bits per heavy atom. The maximum Gasteiger partial charge on any atom is 0.221 e. The fourth-order valence-electron chi connectivity index (χ4n) is 1.28. The monoisotopic (exact) mass is 230 g/mol. The summed E-state index contributed by atoms with van der Waals surface area (Å²) in [5, 5.41) is 0.931. The van der Waals surface area contributed by atoms with Crippen LogP contribution in [-0.2, 0) is 0 Å². The SMILES string of the molecule is C[Si](C)(C)C#Cc1c[nH]c2nc(N)ncc12. The first kappa shape index (κ1) is 10.7. The summed E-state index contributed by atoms with van der Waals surface area (Å²) in [5.41, 5.74) is 10.5. The lowest BCUT2D eigenvalue weighted by molar-refractivity contribution is 1.22. The van der Waals surface area contributed by atoms with Gasteiger partial charge in [0.05, 0.1) is 10.9 Å². The number of H-pyrrole nitrogens is 1. The van der Waals surface area contributed by atoms with Crippen LogP contribution in [0.25, 0.3) is 11.0 Å². The molecule has 3 N–H and O–H groups in total. The summed E-state index contributed by atoms with van der Waals surface area (Å²) in [5.74, 6) is 3.46. The summed E-state index contributed by atoms with van der Waals surface area (Å²) >= 11 is 0. The van der Waals surface area contributed by atoms with Crippen molar-refractivity contribution in [3.05, 3.63) is 18.0 Å². The fraction of sp³-hybridized carbons (Fsp3) is 0.273. The molecule has 16 heavy (non-hydrogen) atoms. The molecule has 0 aromatic carbocycles. The lowest BCUT2D eigenvalue weighted by Gasteiger charge is -2.02. The lowest BCUT2D eigenvalue weighted by Crippen LogP contribution is -2.16. The van der Waals surface area contributed by atoms with Crippen molar-refractivity contribution in [3.8, 4) is 11.5 Å². The molecule has 0 saturated heterocycles. The zero-order valence-electron chi connectivity index (χ0n) is 9.63. The van der Waals surface area contributed by atoms with Gasteiger partial charge in [-0.3, -0.25) is 0 Å². The molecular formula is C11H14N4Si. The summed E-state index contributed by atoms with van der Waals surface area (Å²) in [6.45, 7) is 6.63. The quantitative estimate of drug-likeness (QED) is 0.535. The Kier molecular flexibility index (Phi) is 2.44. The molecule has 0 amide bonds. The van der Waals surface area contributed by atoms with Gasteiger partial charge in [-0.05, 0) is 0 Å². The average molecular weight is 230 g/mol. The lowest BCUT2D eigenvalue weighted by atomic mass is 10.2. The normalized spacial score (nSPS) is 11.2. The largest absolute Gasteiger partial charge is 0.368 e. The first-order chi connectivity index (χ1) is 7.46. The van der Waals surface area contributed by atoms with Crippen LogP contribution in [0.3, 0.4) is 0 Å². The van der Waals surface area contributed by atoms with Gasteiger partial charge in [-0.25, -0.2) is 4.98 Å². The van der Waals surface area contributed by atoms with Crippen LogP contribution in [0.4, 0.5) is 5.95 Å². The van der Waals surface area contributed by atoms with Crippen molar-refractivity contribution < 1.29 is 0 Å². The molecule has 0 saturated carbocycles. The Morgan fingerprint density at radius 1 is 1.38 bits per heavy atom. The van der Waals surface area contributed by atoms with Gasteiger partial charge in [-0.1, -0.05) is 25.6 Å². The van der Waals surface area contributed by atoms with Gasteiger partial charge >= 0.3 is 0 Å². The van der Waals surface area contributed by atoms with Gasteiger partial charge in [-0.15, -0.1) is 5.54 Å². The van der Waals surface area contributed by atoms with Crippen LogP contribution in [0.5, 0.6) is 0 Å². The molecule has 0 bridgehead atoms. The Bertz CT molecular complexity index is 583. The van der Waals surface area contributed by atoms with Crippen molar-refractivity contribution in [2.75, 3.05) is 5.73 Å². The summed E-state index contributed by atoms with van der Waals surface area (Å²) in [4.78, 5) is 11.1. The fourth-order valence-corrected chi connectivity index (χ4v) is 1.79. The zero-order chi connectivity index (χ0) is 11.8. The molecule has 0 radical (unpaired) electrons. The van der Waals surface area contributed by atoms with E-state index in [4.69, 9.17) is 5.73 Å². The third-order valence-electron chi connectivity index (χ3n) is 2.02. The van der Waals surface area contributed by atoms with Gasteiger partial charge < -0.3 is 10.7 Å². The molecule has 0 aliphatic carbocycles. The van der Waals surface area contributed by atoms with Crippen molar-refractivity contribution in [1.82, 2.24) is 15.0 Å². The molecular weight excluding hydrogens is 216 g/mol. The van der Waals surface area contributed by atoms with Crippen molar-refractivity contribution >= 4 is 25.1 Å². The third-order valence-corrected chi connectivity index (χ3v) is 2.90. The van der Waals surface area contributed by atoms with E-state index in [2.05, 4.69) is 46.1 Å². The van der Waals surface area contributed by atoms with Crippen LogP contribution >= 0.6 is 0 Å². The number of nitrogens with zero attached hydrogens (tertiary/aromatic N) is 2. The van der Waals surface area contributed by atoms with E-state index < -0.39 is 8.07 Å². The number of anilines is 1. The highest BCUT2D eigenvalue weighted by Crippen LogP contribution is 2.15. The third kappa shape index (κ3) is 2.23. The van der Waals surface area contributed by atoms with Gasteiger partial charge in [0, 0.05) is 12.4 Å². The highest BCUT2D eigenvalue weighted by atomic mass is 28.3.